The lowest BCUT2D eigenvalue weighted by molar-refractivity contribution is 0.669. The van der Waals surface area contributed by atoms with E-state index in [9.17, 15) is 0 Å². The number of rotatable bonds is 5. The number of hydrogen-bond acceptors (Lipinski definition) is 2. The van der Waals surface area contributed by atoms with Crippen molar-refractivity contribution >= 4 is 71.6 Å². The minimum absolute atomic E-state index is 0.885. The van der Waals surface area contributed by atoms with Crippen LogP contribution in [0.15, 0.2) is 186 Å². The van der Waals surface area contributed by atoms with E-state index in [1.807, 2.05) is 0 Å². The molecule has 0 aliphatic carbocycles. The molecule has 10 aromatic rings. The van der Waals surface area contributed by atoms with Crippen LogP contribution < -0.4 is 4.90 Å². The van der Waals surface area contributed by atoms with Crippen LogP contribution in [0.1, 0.15) is 0 Å². The van der Waals surface area contributed by atoms with Gasteiger partial charge in [0.2, 0.25) is 0 Å². The number of hydrogen-bond donors (Lipinski definition) is 0. The van der Waals surface area contributed by atoms with Gasteiger partial charge in [0.25, 0.3) is 0 Å². The molecule has 2 heterocycles. The summed E-state index contributed by atoms with van der Waals surface area (Å²) >= 11 is 0. The summed E-state index contributed by atoms with van der Waals surface area (Å²) in [6.07, 6.45) is 0. The van der Waals surface area contributed by atoms with Gasteiger partial charge in [-0.3, -0.25) is 0 Å². The molecule has 10 rings (SSSR count). The highest BCUT2D eigenvalue weighted by Crippen LogP contribution is 2.45. The fourth-order valence-electron chi connectivity index (χ4n) is 7.49. The first-order valence-electron chi connectivity index (χ1n) is 16.7. The Morgan fingerprint density at radius 3 is 1.88 bits per heavy atom. The van der Waals surface area contributed by atoms with E-state index in [1.165, 1.54) is 38.2 Å². The van der Waals surface area contributed by atoms with Gasteiger partial charge in [-0.15, -0.1) is 0 Å². The molecule has 0 saturated heterocycles. The van der Waals surface area contributed by atoms with Crippen LogP contribution >= 0.6 is 0 Å². The third kappa shape index (κ3) is 4.44. The van der Waals surface area contributed by atoms with Gasteiger partial charge < -0.3 is 13.9 Å². The monoisotopic (exact) mass is 626 g/mol. The van der Waals surface area contributed by atoms with E-state index in [-0.39, 0.29) is 0 Å². The van der Waals surface area contributed by atoms with Crippen molar-refractivity contribution in [3.8, 4) is 16.8 Å². The summed E-state index contributed by atoms with van der Waals surface area (Å²) in [6.45, 7) is 0. The van der Waals surface area contributed by atoms with Crippen molar-refractivity contribution in [3.63, 3.8) is 0 Å². The SMILES string of the molecule is c1ccc(-c2ccc(-n3c4ccccc4c4c(N(c5ccccc5)c5ccc6oc7cc8ccccc8cc7c6c5)cccc43)cc2)cc1. The zero-order chi connectivity index (χ0) is 32.3. The first-order chi connectivity index (χ1) is 24.3. The summed E-state index contributed by atoms with van der Waals surface area (Å²) in [6, 6.07) is 65.0. The molecule has 0 amide bonds. The minimum atomic E-state index is 0.885. The average Bonchev–Trinajstić information content (AvgIpc) is 3.70. The number of anilines is 3. The molecule has 0 saturated carbocycles. The highest BCUT2D eigenvalue weighted by atomic mass is 16.3. The van der Waals surface area contributed by atoms with Gasteiger partial charge in [-0.2, -0.15) is 0 Å². The lowest BCUT2D eigenvalue weighted by Crippen LogP contribution is -2.10. The van der Waals surface area contributed by atoms with Crippen molar-refractivity contribution in [1.82, 2.24) is 4.57 Å². The molecule has 3 nitrogen and oxygen atoms in total. The Morgan fingerprint density at radius 1 is 0.408 bits per heavy atom. The summed E-state index contributed by atoms with van der Waals surface area (Å²) in [5.41, 5.74) is 11.0. The van der Waals surface area contributed by atoms with Crippen LogP contribution in [-0.2, 0) is 0 Å². The highest BCUT2D eigenvalue weighted by molar-refractivity contribution is 6.17. The molecular formula is C46H30N2O. The van der Waals surface area contributed by atoms with Crippen LogP contribution in [0.3, 0.4) is 0 Å². The topological polar surface area (TPSA) is 21.3 Å². The van der Waals surface area contributed by atoms with Crippen molar-refractivity contribution in [2.75, 3.05) is 4.90 Å². The van der Waals surface area contributed by atoms with Crippen LogP contribution in [0.4, 0.5) is 17.1 Å². The van der Waals surface area contributed by atoms with Gasteiger partial charge in [0.1, 0.15) is 11.2 Å². The fourth-order valence-corrected chi connectivity index (χ4v) is 7.49. The number of aromatic nitrogens is 1. The second-order valence-electron chi connectivity index (χ2n) is 12.6. The van der Waals surface area contributed by atoms with Gasteiger partial charge in [-0.1, -0.05) is 109 Å². The van der Waals surface area contributed by atoms with E-state index < -0.39 is 0 Å². The molecule has 0 radical (unpaired) electrons. The summed E-state index contributed by atoms with van der Waals surface area (Å²) in [5, 5.41) is 7.03. The number of benzene rings is 8. The lowest BCUT2D eigenvalue weighted by Gasteiger charge is -2.26. The second-order valence-corrected chi connectivity index (χ2v) is 12.6. The van der Waals surface area contributed by atoms with E-state index in [1.54, 1.807) is 0 Å². The smallest absolute Gasteiger partial charge is 0.136 e. The van der Waals surface area contributed by atoms with Crippen LogP contribution in [0.2, 0.25) is 0 Å². The van der Waals surface area contributed by atoms with Gasteiger partial charge in [-0.05, 0) is 94.7 Å². The average molecular weight is 627 g/mol. The third-order valence-corrected chi connectivity index (χ3v) is 9.74. The molecule has 0 aliphatic heterocycles. The van der Waals surface area contributed by atoms with Crippen LogP contribution in [-0.4, -0.2) is 4.57 Å². The predicted molar refractivity (Wildman–Crippen MR) is 206 cm³/mol. The Kier molecular flexibility index (Phi) is 6.18. The van der Waals surface area contributed by atoms with E-state index >= 15 is 0 Å². The van der Waals surface area contributed by atoms with E-state index in [2.05, 4.69) is 191 Å². The van der Waals surface area contributed by atoms with Gasteiger partial charge in [0.15, 0.2) is 0 Å². The number of furan rings is 1. The van der Waals surface area contributed by atoms with Crippen LogP contribution in [0.5, 0.6) is 0 Å². The Hall–Kier alpha value is -6.58. The molecule has 2 aromatic heterocycles. The zero-order valence-electron chi connectivity index (χ0n) is 26.6. The Balaban J connectivity index is 1.20. The maximum absolute atomic E-state index is 6.40. The minimum Gasteiger partial charge on any atom is -0.456 e. The first kappa shape index (κ1) is 27.5. The van der Waals surface area contributed by atoms with E-state index in [0.29, 0.717) is 0 Å². The van der Waals surface area contributed by atoms with Gasteiger partial charge in [0, 0.05) is 38.6 Å². The molecule has 0 atom stereocenters. The quantitative estimate of drug-likeness (QED) is 0.190. The lowest BCUT2D eigenvalue weighted by atomic mass is 10.0. The number of para-hydroxylation sites is 2. The van der Waals surface area contributed by atoms with Crippen molar-refractivity contribution in [2.45, 2.75) is 0 Å². The molecule has 0 bridgehead atoms. The Bertz CT molecular complexity index is 2810. The number of nitrogens with zero attached hydrogens (tertiary/aromatic N) is 2. The molecule has 8 aromatic carbocycles. The largest absolute Gasteiger partial charge is 0.456 e. The molecule has 3 heteroatoms. The molecule has 49 heavy (non-hydrogen) atoms. The zero-order valence-corrected chi connectivity index (χ0v) is 26.6. The highest BCUT2D eigenvalue weighted by Gasteiger charge is 2.22. The molecular weight excluding hydrogens is 597 g/mol. The maximum Gasteiger partial charge on any atom is 0.136 e. The van der Waals surface area contributed by atoms with Gasteiger partial charge >= 0.3 is 0 Å². The Labute approximate surface area is 283 Å². The Morgan fingerprint density at radius 2 is 1.06 bits per heavy atom. The normalized spacial score (nSPS) is 11.7. The van der Waals surface area contributed by atoms with Gasteiger partial charge in [-0.25, -0.2) is 0 Å². The molecule has 230 valence electrons. The summed E-state index contributed by atoms with van der Waals surface area (Å²) < 4.78 is 8.79. The second kappa shape index (κ2) is 11.0. The van der Waals surface area contributed by atoms with Crippen molar-refractivity contribution < 1.29 is 4.42 Å². The van der Waals surface area contributed by atoms with Crippen molar-refractivity contribution in [2.24, 2.45) is 0 Å². The summed E-state index contributed by atoms with van der Waals surface area (Å²) in [5.74, 6) is 0. The molecule has 0 N–H and O–H groups in total. The molecule has 0 unspecified atom stereocenters. The standard InChI is InChI=1S/C46H30N2O/c1-3-12-31(13-4-1)32-22-24-36(25-23-32)48-41-19-10-9-18-38(41)46-42(20-11-21-43(46)48)47(35-16-5-2-6-17-35)37-26-27-44-40(30-37)39-28-33-14-7-8-15-34(33)29-45(39)49-44/h1-30H. The third-order valence-electron chi connectivity index (χ3n) is 9.74. The summed E-state index contributed by atoms with van der Waals surface area (Å²) in [4.78, 5) is 2.39. The summed E-state index contributed by atoms with van der Waals surface area (Å²) in [7, 11) is 0. The molecule has 0 fully saturated rings. The molecule has 0 spiro atoms. The van der Waals surface area contributed by atoms with Crippen LogP contribution in [0, 0.1) is 0 Å². The fraction of sp³-hybridized carbons (Fsp3) is 0. The molecule has 0 aliphatic rings. The maximum atomic E-state index is 6.40. The van der Waals surface area contributed by atoms with Gasteiger partial charge in [0.05, 0.1) is 16.7 Å². The van der Waals surface area contributed by atoms with Crippen molar-refractivity contribution in [1.29, 1.82) is 0 Å². The van der Waals surface area contributed by atoms with Crippen molar-refractivity contribution in [3.05, 3.63) is 182 Å². The number of fused-ring (bicyclic) bond motifs is 7. The van der Waals surface area contributed by atoms with E-state index in [0.717, 1.165) is 50.2 Å². The van der Waals surface area contributed by atoms with Crippen LogP contribution in [0.25, 0.3) is 71.3 Å². The first-order valence-corrected chi connectivity index (χ1v) is 16.7. The predicted octanol–water partition coefficient (Wildman–Crippen LogP) is 13.0. The van der Waals surface area contributed by atoms with E-state index in [4.69, 9.17) is 4.42 Å².